The molecule has 0 spiro atoms. The van der Waals surface area contributed by atoms with E-state index in [-0.39, 0.29) is 5.91 Å². The first-order valence-electron chi connectivity index (χ1n) is 8.03. The Morgan fingerprint density at radius 3 is 2.60 bits per heavy atom. The van der Waals surface area contributed by atoms with Gasteiger partial charge < -0.3 is 14.6 Å². The zero-order chi connectivity index (χ0) is 17.6. The van der Waals surface area contributed by atoms with E-state index >= 15 is 0 Å². The van der Waals surface area contributed by atoms with Gasteiger partial charge in [-0.05, 0) is 36.2 Å². The predicted octanol–water partition coefficient (Wildman–Crippen LogP) is 3.06. The second kappa shape index (κ2) is 7.61. The highest BCUT2D eigenvalue weighted by Gasteiger charge is 2.12. The van der Waals surface area contributed by atoms with E-state index in [2.05, 4.69) is 15.5 Å². The number of carbonyl (C=O) groups excluding carboxylic acids is 1. The van der Waals surface area contributed by atoms with Crippen LogP contribution in [-0.2, 0) is 18.3 Å². The van der Waals surface area contributed by atoms with E-state index < -0.39 is 0 Å². The first kappa shape index (κ1) is 16.7. The van der Waals surface area contributed by atoms with Crippen molar-refractivity contribution in [1.29, 1.82) is 0 Å². The summed E-state index contributed by atoms with van der Waals surface area (Å²) in [6.45, 7) is 0. The van der Waals surface area contributed by atoms with E-state index in [9.17, 15) is 4.79 Å². The SMILES string of the molecule is COc1ccc(CCC(=O)Nc2ccccc2-c2nncn2C)cc1. The number of aromatic nitrogens is 3. The molecule has 1 N–H and O–H groups in total. The molecule has 0 bridgehead atoms. The van der Waals surface area contributed by atoms with Gasteiger partial charge in [-0.15, -0.1) is 10.2 Å². The average molecular weight is 336 g/mol. The number of methoxy groups -OCH3 is 1. The summed E-state index contributed by atoms with van der Waals surface area (Å²) in [4.78, 5) is 12.3. The summed E-state index contributed by atoms with van der Waals surface area (Å²) < 4.78 is 6.96. The number of para-hydroxylation sites is 1. The maximum Gasteiger partial charge on any atom is 0.224 e. The first-order chi connectivity index (χ1) is 12.2. The van der Waals surface area contributed by atoms with E-state index in [4.69, 9.17) is 4.74 Å². The van der Waals surface area contributed by atoms with Crippen molar-refractivity contribution < 1.29 is 9.53 Å². The van der Waals surface area contributed by atoms with E-state index in [0.717, 1.165) is 22.6 Å². The third-order valence-corrected chi connectivity index (χ3v) is 3.95. The lowest BCUT2D eigenvalue weighted by Gasteiger charge is -2.10. The van der Waals surface area contributed by atoms with Crippen LogP contribution in [0.1, 0.15) is 12.0 Å². The van der Waals surface area contributed by atoms with Crippen LogP contribution in [0.2, 0.25) is 0 Å². The highest BCUT2D eigenvalue weighted by molar-refractivity contribution is 5.94. The molecule has 0 aliphatic rings. The van der Waals surface area contributed by atoms with Crippen LogP contribution in [-0.4, -0.2) is 27.8 Å². The molecule has 25 heavy (non-hydrogen) atoms. The quantitative estimate of drug-likeness (QED) is 0.751. The predicted molar refractivity (Wildman–Crippen MR) is 96.4 cm³/mol. The molecule has 6 heteroatoms. The third-order valence-electron chi connectivity index (χ3n) is 3.95. The summed E-state index contributed by atoms with van der Waals surface area (Å²) >= 11 is 0. The molecule has 128 valence electrons. The van der Waals surface area contributed by atoms with Gasteiger partial charge in [-0.1, -0.05) is 24.3 Å². The molecule has 0 fully saturated rings. The zero-order valence-electron chi connectivity index (χ0n) is 14.3. The minimum atomic E-state index is -0.0366. The minimum absolute atomic E-state index is 0.0366. The van der Waals surface area contributed by atoms with Gasteiger partial charge in [0.25, 0.3) is 0 Å². The average Bonchev–Trinajstić information content (AvgIpc) is 3.07. The van der Waals surface area contributed by atoms with Crippen molar-refractivity contribution in [2.24, 2.45) is 7.05 Å². The summed E-state index contributed by atoms with van der Waals surface area (Å²) in [5.74, 6) is 1.49. The van der Waals surface area contributed by atoms with Gasteiger partial charge in [0.05, 0.1) is 12.8 Å². The number of carbonyl (C=O) groups is 1. The molecule has 1 heterocycles. The van der Waals surface area contributed by atoms with Crippen molar-refractivity contribution in [3.63, 3.8) is 0 Å². The number of amides is 1. The first-order valence-corrected chi connectivity index (χ1v) is 8.03. The van der Waals surface area contributed by atoms with Crippen LogP contribution in [0.4, 0.5) is 5.69 Å². The number of aryl methyl sites for hydroxylation is 2. The molecule has 3 rings (SSSR count). The number of benzene rings is 2. The van der Waals surface area contributed by atoms with Crippen LogP contribution < -0.4 is 10.1 Å². The topological polar surface area (TPSA) is 69.0 Å². The van der Waals surface area contributed by atoms with Crippen molar-refractivity contribution in [2.45, 2.75) is 12.8 Å². The van der Waals surface area contributed by atoms with Crippen molar-refractivity contribution in [3.8, 4) is 17.1 Å². The number of nitrogens with one attached hydrogen (secondary N) is 1. The number of ether oxygens (including phenoxy) is 1. The van der Waals surface area contributed by atoms with Crippen LogP contribution in [0.3, 0.4) is 0 Å². The highest BCUT2D eigenvalue weighted by atomic mass is 16.5. The lowest BCUT2D eigenvalue weighted by Crippen LogP contribution is -2.13. The Bertz CT molecular complexity index is 856. The largest absolute Gasteiger partial charge is 0.497 e. The zero-order valence-corrected chi connectivity index (χ0v) is 14.3. The summed E-state index contributed by atoms with van der Waals surface area (Å²) in [6, 6.07) is 15.3. The van der Waals surface area contributed by atoms with Crippen LogP contribution in [0.15, 0.2) is 54.9 Å². The molecule has 0 saturated carbocycles. The fourth-order valence-electron chi connectivity index (χ4n) is 2.58. The van der Waals surface area contributed by atoms with Crippen molar-refractivity contribution in [2.75, 3.05) is 12.4 Å². The molecule has 0 aliphatic heterocycles. The fraction of sp³-hybridized carbons (Fsp3) is 0.211. The number of hydrogen-bond donors (Lipinski definition) is 1. The summed E-state index contributed by atoms with van der Waals surface area (Å²) in [6.07, 6.45) is 2.71. The molecule has 0 unspecified atom stereocenters. The smallest absolute Gasteiger partial charge is 0.224 e. The Kier molecular flexibility index (Phi) is 5.09. The van der Waals surface area contributed by atoms with Crippen LogP contribution in [0.25, 0.3) is 11.4 Å². The molecule has 0 saturated heterocycles. The van der Waals surface area contributed by atoms with Gasteiger partial charge in [0.1, 0.15) is 12.1 Å². The van der Waals surface area contributed by atoms with Crippen molar-refractivity contribution >= 4 is 11.6 Å². The number of rotatable bonds is 6. The Hall–Kier alpha value is -3.15. The van der Waals surface area contributed by atoms with Crippen molar-refractivity contribution in [1.82, 2.24) is 14.8 Å². The van der Waals surface area contributed by atoms with Gasteiger partial charge in [-0.2, -0.15) is 0 Å². The maximum atomic E-state index is 12.3. The van der Waals surface area contributed by atoms with E-state index in [0.29, 0.717) is 18.7 Å². The molecule has 1 amide bonds. The van der Waals surface area contributed by atoms with E-state index in [1.807, 2.05) is 60.1 Å². The normalized spacial score (nSPS) is 10.5. The number of nitrogens with zero attached hydrogens (tertiary/aromatic N) is 3. The van der Waals surface area contributed by atoms with Gasteiger partial charge >= 0.3 is 0 Å². The Labute approximate surface area is 146 Å². The Morgan fingerprint density at radius 2 is 1.92 bits per heavy atom. The molecule has 0 radical (unpaired) electrons. The molecular weight excluding hydrogens is 316 g/mol. The molecule has 2 aromatic carbocycles. The van der Waals surface area contributed by atoms with E-state index in [1.165, 1.54) is 0 Å². The molecule has 0 atom stereocenters. The van der Waals surface area contributed by atoms with Crippen LogP contribution >= 0.6 is 0 Å². The molecular formula is C19H20N4O2. The number of anilines is 1. The highest BCUT2D eigenvalue weighted by Crippen LogP contribution is 2.25. The second-order valence-corrected chi connectivity index (χ2v) is 5.71. The van der Waals surface area contributed by atoms with Gasteiger partial charge in [-0.3, -0.25) is 4.79 Å². The number of hydrogen-bond acceptors (Lipinski definition) is 4. The Morgan fingerprint density at radius 1 is 1.16 bits per heavy atom. The van der Waals surface area contributed by atoms with Crippen LogP contribution in [0, 0.1) is 0 Å². The maximum absolute atomic E-state index is 12.3. The molecule has 0 aliphatic carbocycles. The van der Waals surface area contributed by atoms with Gasteiger partial charge in [0.2, 0.25) is 5.91 Å². The standard InChI is InChI=1S/C19H20N4O2/c1-23-13-20-22-19(23)16-5-3-4-6-17(16)21-18(24)12-9-14-7-10-15(25-2)11-8-14/h3-8,10-11,13H,9,12H2,1-2H3,(H,21,24). The molecule has 3 aromatic rings. The van der Waals surface area contributed by atoms with Crippen molar-refractivity contribution in [3.05, 3.63) is 60.4 Å². The summed E-state index contributed by atoms with van der Waals surface area (Å²) in [5.41, 5.74) is 2.68. The third kappa shape index (κ3) is 4.03. The van der Waals surface area contributed by atoms with Gasteiger partial charge in [0, 0.05) is 19.0 Å². The summed E-state index contributed by atoms with van der Waals surface area (Å²) in [7, 11) is 3.51. The van der Waals surface area contributed by atoms with E-state index in [1.54, 1.807) is 13.4 Å². The Balaban J connectivity index is 1.66. The fourth-order valence-corrected chi connectivity index (χ4v) is 2.58. The molecule has 6 nitrogen and oxygen atoms in total. The summed E-state index contributed by atoms with van der Waals surface area (Å²) in [5, 5.41) is 11.0. The van der Waals surface area contributed by atoms with Gasteiger partial charge in [-0.25, -0.2) is 0 Å². The monoisotopic (exact) mass is 336 g/mol. The lowest BCUT2D eigenvalue weighted by molar-refractivity contribution is -0.116. The molecule has 1 aromatic heterocycles. The second-order valence-electron chi connectivity index (χ2n) is 5.71. The lowest BCUT2D eigenvalue weighted by atomic mass is 10.1. The van der Waals surface area contributed by atoms with Crippen LogP contribution in [0.5, 0.6) is 5.75 Å². The van der Waals surface area contributed by atoms with Gasteiger partial charge in [0.15, 0.2) is 5.82 Å². The minimum Gasteiger partial charge on any atom is -0.497 e.